The predicted octanol–water partition coefficient (Wildman–Crippen LogP) is 2.30. The molecule has 0 saturated carbocycles. The number of carbonyl (C=O) groups is 1. The molecule has 1 aliphatic heterocycles. The summed E-state index contributed by atoms with van der Waals surface area (Å²) in [5.74, 6) is 0.857. The Kier molecular flexibility index (Phi) is 5.17. The van der Waals surface area contributed by atoms with E-state index in [1.807, 2.05) is 13.8 Å². The van der Waals surface area contributed by atoms with E-state index in [2.05, 4.69) is 15.3 Å². The molecular weight excluding hydrogens is 326 g/mol. The van der Waals surface area contributed by atoms with Gasteiger partial charge >= 0.3 is 6.01 Å². The van der Waals surface area contributed by atoms with Gasteiger partial charge in [0, 0.05) is 0 Å². The van der Waals surface area contributed by atoms with Gasteiger partial charge in [0.2, 0.25) is 5.88 Å². The highest BCUT2D eigenvalue weighted by atomic mass is 16.6. The Morgan fingerprint density at radius 3 is 2.80 bits per heavy atom. The SMILES string of the molecule is CCOc1ncc(NC(=O)c2cccc3c2OCCO3)c(OCC)n1. The van der Waals surface area contributed by atoms with E-state index >= 15 is 0 Å². The van der Waals surface area contributed by atoms with Crippen LogP contribution in [0.4, 0.5) is 5.69 Å². The number of carbonyl (C=O) groups excluding carboxylic acids is 1. The highest BCUT2D eigenvalue weighted by Crippen LogP contribution is 2.34. The maximum absolute atomic E-state index is 12.7. The number of amides is 1. The lowest BCUT2D eigenvalue weighted by atomic mass is 10.1. The highest BCUT2D eigenvalue weighted by molar-refractivity contribution is 6.07. The number of aromatic nitrogens is 2. The first-order valence-corrected chi connectivity index (χ1v) is 8.05. The fourth-order valence-electron chi connectivity index (χ4n) is 2.32. The quantitative estimate of drug-likeness (QED) is 0.859. The molecule has 0 unspecified atom stereocenters. The number of fused-ring (bicyclic) bond motifs is 1. The highest BCUT2D eigenvalue weighted by Gasteiger charge is 2.22. The molecule has 1 aliphatic rings. The van der Waals surface area contributed by atoms with Crippen molar-refractivity contribution in [3.8, 4) is 23.4 Å². The minimum absolute atomic E-state index is 0.192. The molecule has 2 heterocycles. The van der Waals surface area contributed by atoms with Gasteiger partial charge in [0.15, 0.2) is 11.5 Å². The summed E-state index contributed by atoms with van der Waals surface area (Å²) in [6.45, 7) is 5.34. The predicted molar refractivity (Wildman–Crippen MR) is 89.8 cm³/mol. The summed E-state index contributed by atoms with van der Waals surface area (Å²) in [6.07, 6.45) is 1.45. The molecule has 8 nitrogen and oxygen atoms in total. The second-order valence-electron chi connectivity index (χ2n) is 5.02. The zero-order chi connectivity index (χ0) is 17.6. The van der Waals surface area contributed by atoms with Crippen LogP contribution in [0.5, 0.6) is 23.4 Å². The van der Waals surface area contributed by atoms with Gasteiger partial charge in [-0.1, -0.05) is 6.07 Å². The number of ether oxygens (including phenoxy) is 4. The Morgan fingerprint density at radius 1 is 1.20 bits per heavy atom. The Hall–Kier alpha value is -3.03. The number of hydrogen-bond donors (Lipinski definition) is 1. The average Bonchev–Trinajstić information content (AvgIpc) is 2.64. The molecule has 0 aliphatic carbocycles. The first-order chi connectivity index (χ1) is 12.2. The average molecular weight is 345 g/mol. The van der Waals surface area contributed by atoms with Gasteiger partial charge in [0.25, 0.3) is 5.91 Å². The zero-order valence-electron chi connectivity index (χ0n) is 14.1. The minimum Gasteiger partial charge on any atom is -0.486 e. The maximum atomic E-state index is 12.7. The van der Waals surface area contributed by atoms with Crippen LogP contribution >= 0.6 is 0 Å². The lowest BCUT2D eigenvalue weighted by molar-refractivity contribution is 0.101. The molecular formula is C17H19N3O5. The summed E-state index contributed by atoms with van der Waals surface area (Å²) in [6, 6.07) is 5.36. The molecule has 0 atom stereocenters. The van der Waals surface area contributed by atoms with Crippen LogP contribution < -0.4 is 24.3 Å². The van der Waals surface area contributed by atoms with Crippen LogP contribution in [0.25, 0.3) is 0 Å². The third-order valence-corrected chi connectivity index (χ3v) is 3.35. The third-order valence-electron chi connectivity index (χ3n) is 3.35. The normalized spacial score (nSPS) is 12.4. The molecule has 0 spiro atoms. The summed E-state index contributed by atoms with van der Waals surface area (Å²) >= 11 is 0. The smallest absolute Gasteiger partial charge is 0.319 e. The van der Waals surface area contributed by atoms with Crippen LogP contribution in [0.1, 0.15) is 24.2 Å². The van der Waals surface area contributed by atoms with Crippen molar-refractivity contribution >= 4 is 11.6 Å². The van der Waals surface area contributed by atoms with Crippen molar-refractivity contribution in [3.63, 3.8) is 0 Å². The van der Waals surface area contributed by atoms with Gasteiger partial charge < -0.3 is 24.3 Å². The van der Waals surface area contributed by atoms with Crippen molar-refractivity contribution in [2.24, 2.45) is 0 Å². The molecule has 0 saturated heterocycles. The zero-order valence-corrected chi connectivity index (χ0v) is 14.1. The second kappa shape index (κ2) is 7.69. The first kappa shape index (κ1) is 16.8. The standard InChI is InChI=1S/C17H19N3O5/c1-3-22-16-12(10-18-17(20-16)23-4-2)19-15(21)11-6-5-7-13-14(11)25-9-8-24-13/h5-7,10H,3-4,8-9H2,1-2H3,(H,19,21). The van der Waals surface area contributed by atoms with Crippen LogP contribution in [0.2, 0.25) is 0 Å². The number of hydrogen-bond acceptors (Lipinski definition) is 7. The van der Waals surface area contributed by atoms with Gasteiger partial charge in [-0.3, -0.25) is 4.79 Å². The Morgan fingerprint density at radius 2 is 2.00 bits per heavy atom. The van der Waals surface area contributed by atoms with E-state index in [0.29, 0.717) is 49.2 Å². The van der Waals surface area contributed by atoms with E-state index in [9.17, 15) is 4.79 Å². The lowest BCUT2D eigenvalue weighted by Crippen LogP contribution is -2.20. The summed E-state index contributed by atoms with van der Waals surface area (Å²) < 4.78 is 21.8. The number of rotatable bonds is 6. The van der Waals surface area contributed by atoms with Gasteiger partial charge in [-0.2, -0.15) is 4.98 Å². The summed E-state index contributed by atoms with van der Waals surface area (Å²) in [5.41, 5.74) is 0.721. The summed E-state index contributed by atoms with van der Waals surface area (Å²) in [5, 5.41) is 2.75. The molecule has 2 aromatic rings. The molecule has 1 amide bonds. The molecule has 132 valence electrons. The number of benzene rings is 1. The maximum Gasteiger partial charge on any atom is 0.319 e. The van der Waals surface area contributed by atoms with E-state index in [1.54, 1.807) is 18.2 Å². The molecule has 3 rings (SSSR count). The van der Waals surface area contributed by atoms with Crippen molar-refractivity contribution in [1.29, 1.82) is 0 Å². The van der Waals surface area contributed by atoms with Crippen LogP contribution in [0.3, 0.4) is 0 Å². The van der Waals surface area contributed by atoms with E-state index < -0.39 is 0 Å². The van der Waals surface area contributed by atoms with Crippen molar-refractivity contribution in [3.05, 3.63) is 30.0 Å². The largest absolute Gasteiger partial charge is 0.486 e. The number of para-hydroxylation sites is 1. The molecule has 1 aromatic carbocycles. The van der Waals surface area contributed by atoms with E-state index in [1.165, 1.54) is 6.20 Å². The van der Waals surface area contributed by atoms with Crippen molar-refractivity contribution in [2.75, 3.05) is 31.7 Å². The van der Waals surface area contributed by atoms with Crippen molar-refractivity contribution in [1.82, 2.24) is 9.97 Å². The fraction of sp³-hybridized carbons (Fsp3) is 0.353. The Bertz CT molecular complexity index is 766. The van der Waals surface area contributed by atoms with Crippen LogP contribution in [-0.4, -0.2) is 42.3 Å². The molecule has 0 radical (unpaired) electrons. The first-order valence-electron chi connectivity index (χ1n) is 8.05. The van der Waals surface area contributed by atoms with E-state index in [0.717, 1.165) is 0 Å². The monoisotopic (exact) mass is 345 g/mol. The number of nitrogens with zero attached hydrogens (tertiary/aromatic N) is 2. The van der Waals surface area contributed by atoms with E-state index in [4.69, 9.17) is 18.9 Å². The van der Waals surface area contributed by atoms with E-state index in [-0.39, 0.29) is 17.8 Å². The number of anilines is 1. The van der Waals surface area contributed by atoms with Gasteiger partial charge in [-0.25, -0.2) is 4.98 Å². The van der Waals surface area contributed by atoms with Crippen LogP contribution in [0, 0.1) is 0 Å². The molecule has 25 heavy (non-hydrogen) atoms. The molecule has 8 heteroatoms. The van der Waals surface area contributed by atoms with Crippen molar-refractivity contribution < 1.29 is 23.7 Å². The lowest BCUT2D eigenvalue weighted by Gasteiger charge is -2.20. The number of nitrogens with one attached hydrogen (secondary N) is 1. The molecule has 1 N–H and O–H groups in total. The fourth-order valence-corrected chi connectivity index (χ4v) is 2.32. The van der Waals surface area contributed by atoms with Gasteiger partial charge in [-0.05, 0) is 26.0 Å². The molecule has 0 bridgehead atoms. The Balaban J connectivity index is 1.86. The van der Waals surface area contributed by atoms with Gasteiger partial charge in [0.05, 0.1) is 25.0 Å². The minimum atomic E-state index is -0.365. The second-order valence-corrected chi connectivity index (χ2v) is 5.02. The molecule has 0 fully saturated rings. The van der Waals surface area contributed by atoms with Gasteiger partial charge in [0.1, 0.15) is 18.9 Å². The van der Waals surface area contributed by atoms with Crippen molar-refractivity contribution in [2.45, 2.75) is 13.8 Å². The topological polar surface area (TPSA) is 91.8 Å². The summed E-state index contributed by atoms with van der Waals surface area (Å²) in [7, 11) is 0. The van der Waals surface area contributed by atoms with Gasteiger partial charge in [-0.15, -0.1) is 0 Å². The summed E-state index contributed by atoms with van der Waals surface area (Å²) in [4.78, 5) is 20.9. The van der Waals surface area contributed by atoms with Crippen LogP contribution in [0.15, 0.2) is 24.4 Å². The Labute approximate surface area is 145 Å². The third kappa shape index (κ3) is 3.73. The molecule has 1 aromatic heterocycles. The van der Waals surface area contributed by atoms with Crippen LogP contribution in [-0.2, 0) is 0 Å².